The van der Waals surface area contributed by atoms with Crippen molar-refractivity contribution < 1.29 is 14.3 Å². The molecule has 0 aliphatic heterocycles. The lowest BCUT2D eigenvalue weighted by atomic mass is 9.97. The Balaban J connectivity index is 2.07. The second kappa shape index (κ2) is 9.76. The van der Waals surface area contributed by atoms with Gasteiger partial charge in [0.15, 0.2) is 0 Å². The molecule has 2 N–H and O–H groups in total. The number of ether oxygens (including phenoxy) is 1. The lowest BCUT2D eigenvalue weighted by Gasteiger charge is -2.21. The molecule has 144 valence electrons. The molecule has 0 saturated heterocycles. The van der Waals surface area contributed by atoms with Gasteiger partial charge in [-0.3, -0.25) is 9.59 Å². The summed E-state index contributed by atoms with van der Waals surface area (Å²) in [6.07, 6.45) is 0.296. The Bertz CT molecular complexity index is 742. The minimum absolute atomic E-state index is 0.00108. The van der Waals surface area contributed by atoms with E-state index in [4.69, 9.17) is 4.74 Å². The van der Waals surface area contributed by atoms with E-state index >= 15 is 0 Å². The summed E-state index contributed by atoms with van der Waals surface area (Å²) < 4.78 is 5.17. The van der Waals surface area contributed by atoms with Gasteiger partial charge in [0.2, 0.25) is 11.8 Å². The number of benzene rings is 2. The first-order chi connectivity index (χ1) is 12.9. The lowest BCUT2D eigenvalue weighted by molar-refractivity contribution is -0.129. The monoisotopic (exact) mass is 368 g/mol. The summed E-state index contributed by atoms with van der Waals surface area (Å²) in [6, 6.07) is 16.3. The molecule has 5 nitrogen and oxygen atoms in total. The number of rotatable bonds is 8. The Morgan fingerprint density at radius 3 is 2.07 bits per heavy atom. The van der Waals surface area contributed by atoms with E-state index in [0.29, 0.717) is 6.42 Å². The molecule has 0 aliphatic carbocycles. The molecular formula is C22H28N2O3. The van der Waals surface area contributed by atoms with Crippen LogP contribution in [0.15, 0.2) is 54.6 Å². The van der Waals surface area contributed by atoms with Gasteiger partial charge in [-0.15, -0.1) is 0 Å². The minimum Gasteiger partial charge on any atom is -0.497 e. The maximum Gasteiger partial charge on any atom is 0.247 e. The van der Waals surface area contributed by atoms with Crippen LogP contribution in [-0.4, -0.2) is 25.0 Å². The third-order valence-corrected chi connectivity index (χ3v) is 4.31. The number of amides is 2. The zero-order valence-corrected chi connectivity index (χ0v) is 16.4. The fourth-order valence-electron chi connectivity index (χ4n) is 2.86. The number of nitrogens with one attached hydrogen (secondary N) is 2. The average molecular weight is 368 g/mol. The van der Waals surface area contributed by atoms with Crippen LogP contribution >= 0.6 is 0 Å². The molecule has 2 aromatic rings. The van der Waals surface area contributed by atoms with E-state index in [1.54, 1.807) is 7.11 Å². The molecule has 0 heterocycles. The highest BCUT2D eigenvalue weighted by Gasteiger charge is 2.24. The summed E-state index contributed by atoms with van der Waals surface area (Å²) in [5.41, 5.74) is 1.81. The van der Waals surface area contributed by atoms with Crippen molar-refractivity contribution in [3.8, 4) is 5.75 Å². The summed E-state index contributed by atoms with van der Waals surface area (Å²) in [5.74, 6) is 0.443. The first kappa shape index (κ1) is 20.5. The second-order valence-corrected chi connectivity index (χ2v) is 6.95. The van der Waals surface area contributed by atoms with Crippen LogP contribution in [0, 0.1) is 0 Å². The van der Waals surface area contributed by atoms with Crippen LogP contribution in [0.3, 0.4) is 0 Å². The van der Waals surface area contributed by atoms with Gasteiger partial charge in [0.25, 0.3) is 0 Å². The van der Waals surface area contributed by atoms with Crippen LogP contribution in [0.25, 0.3) is 0 Å². The molecular weight excluding hydrogens is 340 g/mol. The topological polar surface area (TPSA) is 67.4 Å². The van der Waals surface area contributed by atoms with Gasteiger partial charge in [-0.1, -0.05) is 49.4 Å². The number of carbonyl (C=O) groups excluding carboxylic acids is 2. The smallest absolute Gasteiger partial charge is 0.247 e. The Kier molecular flexibility index (Phi) is 7.41. The van der Waals surface area contributed by atoms with Crippen molar-refractivity contribution in [2.75, 3.05) is 7.11 Å². The van der Waals surface area contributed by atoms with E-state index in [2.05, 4.69) is 10.6 Å². The van der Waals surface area contributed by atoms with E-state index in [9.17, 15) is 9.59 Å². The summed E-state index contributed by atoms with van der Waals surface area (Å²) in [4.78, 5) is 25.2. The SMILES string of the molecule is COc1ccc(C(C)CC(=O)N[C@H](C(=O)NC(C)C)c2ccccc2)cc1. The van der Waals surface area contributed by atoms with E-state index in [-0.39, 0.29) is 23.8 Å². The molecule has 0 radical (unpaired) electrons. The van der Waals surface area contributed by atoms with Gasteiger partial charge in [0, 0.05) is 12.5 Å². The van der Waals surface area contributed by atoms with Crippen molar-refractivity contribution in [1.29, 1.82) is 0 Å². The van der Waals surface area contributed by atoms with Crippen molar-refractivity contribution in [3.63, 3.8) is 0 Å². The number of carbonyl (C=O) groups is 2. The molecule has 0 bridgehead atoms. The quantitative estimate of drug-likeness (QED) is 0.748. The molecule has 2 atom stereocenters. The van der Waals surface area contributed by atoms with Crippen molar-refractivity contribution in [1.82, 2.24) is 10.6 Å². The fraction of sp³-hybridized carbons (Fsp3) is 0.364. The number of hydrogen-bond acceptors (Lipinski definition) is 3. The van der Waals surface area contributed by atoms with Crippen LogP contribution in [0.1, 0.15) is 50.3 Å². The minimum atomic E-state index is -0.704. The molecule has 2 amide bonds. The number of hydrogen-bond donors (Lipinski definition) is 2. The van der Waals surface area contributed by atoms with E-state index in [1.165, 1.54) is 0 Å². The van der Waals surface area contributed by atoms with Gasteiger partial charge in [-0.2, -0.15) is 0 Å². The van der Waals surface area contributed by atoms with Gasteiger partial charge < -0.3 is 15.4 Å². The molecule has 0 aliphatic rings. The Labute approximate surface area is 161 Å². The molecule has 0 spiro atoms. The molecule has 0 saturated carbocycles. The van der Waals surface area contributed by atoms with Gasteiger partial charge in [0.1, 0.15) is 11.8 Å². The third kappa shape index (κ3) is 6.13. The first-order valence-corrected chi connectivity index (χ1v) is 9.19. The summed E-state index contributed by atoms with van der Waals surface area (Å²) in [7, 11) is 1.62. The van der Waals surface area contributed by atoms with Crippen molar-refractivity contribution in [2.45, 2.75) is 45.2 Å². The molecule has 0 fully saturated rings. The highest BCUT2D eigenvalue weighted by atomic mass is 16.5. The standard InChI is InChI=1S/C22H28N2O3/c1-15(2)23-22(26)21(18-8-6-5-7-9-18)24-20(25)14-16(3)17-10-12-19(27-4)13-11-17/h5-13,15-16,21H,14H2,1-4H3,(H,23,26)(H,24,25)/t16?,21-/m0/s1. The zero-order chi connectivity index (χ0) is 19.8. The van der Waals surface area contributed by atoms with Crippen LogP contribution in [-0.2, 0) is 9.59 Å². The van der Waals surface area contributed by atoms with Crippen LogP contribution in [0.5, 0.6) is 5.75 Å². The van der Waals surface area contributed by atoms with Crippen LogP contribution in [0.2, 0.25) is 0 Å². The maximum absolute atomic E-state index is 12.6. The van der Waals surface area contributed by atoms with Crippen LogP contribution in [0.4, 0.5) is 0 Å². The average Bonchev–Trinajstić information content (AvgIpc) is 2.66. The summed E-state index contributed by atoms with van der Waals surface area (Å²) >= 11 is 0. The first-order valence-electron chi connectivity index (χ1n) is 9.19. The van der Waals surface area contributed by atoms with E-state index in [1.807, 2.05) is 75.4 Å². The highest BCUT2D eigenvalue weighted by Crippen LogP contribution is 2.22. The zero-order valence-electron chi connectivity index (χ0n) is 16.4. The maximum atomic E-state index is 12.6. The van der Waals surface area contributed by atoms with Gasteiger partial charge >= 0.3 is 0 Å². The molecule has 2 aromatic carbocycles. The van der Waals surface area contributed by atoms with Crippen molar-refractivity contribution in [2.24, 2.45) is 0 Å². The Morgan fingerprint density at radius 2 is 1.52 bits per heavy atom. The lowest BCUT2D eigenvalue weighted by Crippen LogP contribution is -2.43. The predicted molar refractivity (Wildman–Crippen MR) is 107 cm³/mol. The van der Waals surface area contributed by atoms with Gasteiger partial charge in [0.05, 0.1) is 7.11 Å². The molecule has 0 aromatic heterocycles. The normalized spacial score (nSPS) is 12.9. The summed E-state index contributed by atoms with van der Waals surface area (Å²) in [5, 5.41) is 5.76. The molecule has 1 unspecified atom stereocenters. The molecule has 27 heavy (non-hydrogen) atoms. The fourth-order valence-corrected chi connectivity index (χ4v) is 2.86. The van der Waals surface area contributed by atoms with Crippen molar-refractivity contribution in [3.05, 3.63) is 65.7 Å². The van der Waals surface area contributed by atoms with Crippen molar-refractivity contribution >= 4 is 11.8 Å². The molecule has 5 heteroatoms. The van der Waals surface area contributed by atoms with Gasteiger partial charge in [-0.05, 0) is 43.0 Å². The van der Waals surface area contributed by atoms with Gasteiger partial charge in [-0.25, -0.2) is 0 Å². The Hall–Kier alpha value is -2.82. The van der Waals surface area contributed by atoms with E-state index < -0.39 is 6.04 Å². The van der Waals surface area contributed by atoms with Crippen LogP contribution < -0.4 is 15.4 Å². The second-order valence-electron chi connectivity index (χ2n) is 6.95. The van der Waals surface area contributed by atoms with E-state index in [0.717, 1.165) is 16.9 Å². The third-order valence-electron chi connectivity index (χ3n) is 4.31. The Morgan fingerprint density at radius 1 is 0.889 bits per heavy atom. The predicted octanol–water partition coefficient (Wildman–Crippen LogP) is 3.57. The molecule has 2 rings (SSSR count). The summed E-state index contributed by atoms with van der Waals surface area (Å²) in [6.45, 7) is 5.79. The largest absolute Gasteiger partial charge is 0.497 e. The highest BCUT2D eigenvalue weighted by molar-refractivity contribution is 5.89. The number of methoxy groups -OCH3 is 1.